The Bertz CT molecular complexity index is 1930. The second-order valence-electron chi connectivity index (χ2n) is 11.3. The van der Waals surface area contributed by atoms with Crippen LogP contribution >= 0.6 is 23.1 Å². The van der Waals surface area contributed by atoms with E-state index in [2.05, 4.69) is 28.9 Å². The molecular formula is C37H36N4O6S2. The number of benzene rings is 3. The van der Waals surface area contributed by atoms with Crippen LogP contribution in [0.3, 0.4) is 0 Å². The molecule has 3 N–H and O–H groups in total. The molecule has 5 rings (SSSR count). The molecule has 49 heavy (non-hydrogen) atoms. The maximum absolute atomic E-state index is 13.7. The zero-order valence-electron chi connectivity index (χ0n) is 27.5. The first-order valence-electron chi connectivity index (χ1n) is 15.5. The van der Waals surface area contributed by atoms with Gasteiger partial charge in [0.25, 0.3) is 11.8 Å². The third kappa shape index (κ3) is 8.62. The van der Waals surface area contributed by atoms with Crippen LogP contribution in [-0.4, -0.2) is 44.8 Å². The maximum atomic E-state index is 13.7. The largest absolute Gasteiger partial charge is 0.496 e. The lowest BCUT2D eigenvalue weighted by Gasteiger charge is -2.17. The van der Waals surface area contributed by atoms with E-state index in [4.69, 9.17) is 14.2 Å². The second-order valence-corrected chi connectivity index (χ2v) is 13.5. The highest BCUT2D eigenvalue weighted by molar-refractivity contribution is 8.00. The van der Waals surface area contributed by atoms with Crippen molar-refractivity contribution in [3.05, 3.63) is 99.6 Å². The molecule has 1 aromatic heterocycles. The Hall–Kier alpha value is -5.25. The molecule has 0 saturated carbocycles. The Morgan fingerprint density at radius 1 is 0.959 bits per heavy atom. The summed E-state index contributed by atoms with van der Waals surface area (Å²) in [7, 11) is 4.49. The minimum Gasteiger partial charge on any atom is -0.496 e. The topological polar surface area (TPSA) is 139 Å². The number of amides is 3. The van der Waals surface area contributed by atoms with Crippen LogP contribution in [0.1, 0.15) is 45.3 Å². The summed E-state index contributed by atoms with van der Waals surface area (Å²) >= 11 is 2.79. The molecule has 1 atom stereocenters. The van der Waals surface area contributed by atoms with Crippen molar-refractivity contribution in [2.45, 2.75) is 31.1 Å². The first-order chi connectivity index (χ1) is 23.7. The normalized spacial score (nSPS) is 13.8. The van der Waals surface area contributed by atoms with Crippen LogP contribution in [0.15, 0.2) is 77.3 Å². The Labute approximate surface area is 293 Å². The number of anilines is 2. The second kappa shape index (κ2) is 16.2. The smallest absolute Gasteiger partial charge is 0.272 e. The van der Waals surface area contributed by atoms with E-state index in [0.29, 0.717) is 50.5 Å². The zero-order valence-corrected chi connectivity index (χ0v) is 29.2. The van der Waals surface area contributed by atoms with E-state index in [1.807, 2.05) is 6.07 Å². The molecule has 3 amide bonds. The molecule has 10 nitrogen and oxygen atoms in total. The maximum Gasteiger partial charge on any atom is 0.272 e. The predicted octanol–water partition coefficient (Wildman–Crippen LogP) is 6.91. The number of fused-ring (bicyclic) bond motifs is 1. The molecule has 4 aromatic rings. The average molecular weight is 697 g/mol. The van der Waals surface area contributed by atoms with Crippen LogP contribution in [0, 0.1) is 17.2 Å². The zero-order chi connectivity index (χ0) is 34.9. The van der Waals surface area contributed by atoms with Gasteiger partial charge in [0.15, 0.2) is 11.5 Å². The number of nitriles is 1. The monoisotopic (exact) mass is 696 g/mol. The van der Waals surface area contributed by atoms with Crippen molar-refractivity contribution in [1.82, 2.24) is 5.32 Å². The van der Waals surface area contributed by atoms with Gasteiger partial charge in [-0.15, -0.1) is 23.1 Å². The summed E-state index contributed by atoms with van der Waals surface area (Å²) in [4.78, 5) is 41.7. The number of carbonyl (C=O) groups is 3. The van der Waals surface area contributed by atoms with Crippen LogP contribution in [0.4, 0.5) is 10.7 Å². The van der Waals surface area contributed by atoms with E-state index in [9.17, 15) is 19.6 Å². The third-order valence-corrected chi connectivity index (χ3v) is 10.1. The highest BCUT2D eigenvalue weighted by Crippen LogP contribution is 2.39. The number of rotatable bonds is 12. The molecule has 3 aromatic carbocycles. The fourth-order valence-corrected chi connectivity index (χ4v) is 7.53. The molecular weight excluding hydrogens is 661 g/mol. The SMILES string of the molecule is COc1cc(OC)c(OC)cc1/C=C(/NC(=O)c1ccccc1)C(=O)Nc1cccc(SCC(=O)Nc2sc3c(c2C#N)CCC(C)C3)c1. The Morgan fingerprint density at radius 2 is 1.69 bits per heavy atom. The van der Waals surface area contributed by atoms with Gasteiger partial charge in [-0.05, 0) is 73.2 Å². The minimum absolute atomic E-state index is 0.0434. The number of thioether (sulfide) groups is 1. The van der Waals surface area contributed by atoms with Gasteiger partial charge < -0.3 is 30.2 Å². The van der Waals surface area contributed by atoms with Gasteiger partial charge in [-0.3, -0.25) is 14.4 Å². The molecule has 252 valence electrons. The van der Waals surface area contributed by atoms with E-state index in [-0.39, 0.29) is 17.4 Å². The Kier molecular flexibility index (Phi) is 11.6. The van der Waals surface area contributed by atoms with Crippen molar-refractivity contribution in [2.24, 2.45) is 5.92 Å². The number of methoxy groups -OCH3 is 3. The fraction of sp³-hybridized carbons (Fsp3) is 0.243. The van der Waals surface area contributed by atoms with Crippen LogP contribution in [-0.2, 0) is 22.4 Å². The average Bonchev–Trinajstić information content (AvgIpc) is 3.46. The van der Waals surface area contributed by atoms with Gasteiger partial charge in [0.1, 0.15) is 22.5 Å². The molecule has 1 heterocycles. The first-order valence-corrected chi connectivity index (χ1v) is 17.3. The predicted molar refractivity (Wildman–Crippen MR) is 193 cm³/mol. The highest BCUT2D eigenvalue weighted by Gasteiger charge is 2.25. The van der Waals surface area contributed by atoms with Crippen molar-refractivity contribution < 1.29 is 28.6 Å². The van der Waals surface area contributed by atoms with Crippen LogP contribution < -0.4 is 30.2 Å². The molecule has 0 saturated heterocycles. The van der Waals surface area contributed by atoms with Gasteiger partial charge in [0, 0.05) is 32.7 Å². The lowest BCUT2D eigenvalue weighted by molar-refractivity contribution is -0.114. The molecule has 12 heteroatoms. The van der Waals surface area contributed by atoms with Gasteiger partial charge >= 0.3 is 0 Å². The third-order valence-electron chi connectivity index (χ3n) is 7.90. The van der Waals surface area contributed by atoms with E-state index in [0.717, 1.165) is 29.7 Å². The summed E-state index contributed by atoms with van der Waals surface area (Å²) in [6.07, 6.45) is 4.31. The lowest BCUT2D eigenvalue weighted by atomic mass is 9.89. The molecule has 0 spiro atoms. The molecule has 0 bridgehead atoms. The number of carbonyl (C=O) groups excluding carboxylic acids is 3. The highest BCUT2D eigenvalue weighted by atomic mass is 32.2. The van der Waals surface area contributed by atoms with Crippen molar-refractivity contribution in [1.29, 1.82) is 5.26 Å². The summed E-state index contributed by atoms with van der Waals surface area (Å²) in [5.74, 6) is 0.637. The van der Waals surface area contributed by atoms with E-state index >= 15 is 0 Å². The van der Waals surface area contributed by atoms with Crippen molar-refractivity contribution in [3.8, 4) is 23.3 Å². The van der Waals surface area contributed by atoms with E-state index in [1.54, 1.807) is 60.7 Å². The number of nitrogens with zero attached hydrogens (tertiary/aromatic N) is 1. The van der Waals surface area contributed by atoms with Gasteiger partial charge in [-0.25, -0.2) is 0 Å². The number of hydrogen-bond donors (Lipinski definition) is 3. The summed E-state index contributed by atoms with van der Waals surface area (Å²) in [5, 5.41) is 18.9. The molecule has 1 aliphatic carbocycles. The van der Waals surface area contributed by atoms with Crippen LogP contribution in [0.2, 0.25) is 0 Å². The Morgan fingerprint density at radius 3 is 2.41 bits per heavy atom. The molecule has 0 fully saturated rings. The number of hydrogen-bond acceptors (Lipinski definition) is 9. The number of thiophene rings is 1. The molecule has 0 aliphatic heterocycles. The quantitative estimate of drug-likeness (QED) is 0.107. The van der Waals surface area contributed by atoms with Crippen molar-refractivity contribution in [3.63, 3.8) is 0 Å². The lowest BCUT2D eigenvalue weighted by Crippen LogP contribution is -2.30. The van der Waals surface area contributed by atoms with Crippen LogP contribution in [0.25, 0.3) is 6.08 Å². The van der Waals surface area contributed by atoms with Gasteiger partial charge in [-0.1, -0.05) is 31.2 Å². The molecule has 1 aliphatic rings. The number of nitrogens with one attached hydrogen (secondary N) is 3. The first kappa shape index (κ1) is 35.1. The van der Waals surface area contributed by atoms with E-state index < -0.39 is 11.8 Å². The standard InChI is InChI=1S/C37H36N4O6S2/c1-22-13-14-27-28(20-38)37(49-33(27)15-22)41-34(42)21-48-26-12-8-11-25(18-26)39-36(44)29(40-35(43)23-9-6-5-7-10-23)16-24-17-31(46-3)32(47-4)19-30(24)45-2/h5-12,16-19,22H,13-15,21H2,1-4H3,(H,39,44)(H,40,43)(H,41,42)/b29-16+. The summed E-state index contributed by atoms with van der Waals surface area (Å²) in [6, 6.07) is 21.2. The minimum atomic E-state index is -0.582. The van der Waals surface area contributed by atoms with Crippen LogP contribution in [0.5, 0.6) is 17.2 Å². The summed E-state index contributed by atoms with van der Waals surface area (Å²) in [6.45, 7) is 2.20. The van der Waals surface area contributed by atoms with E-state index in [1.165, 1.54) is 55.4 Å². The molecule has 1 unspecified atom stereocenters. The number of ether oxygens (including phenoxy) is 3. The molecule has 0 radical (unpaired) electrons. The Balaban J connectivity index is 1.32. The van der Waals surface area contributed by atoms with Crippen molar-refractivity contribution in [2.75, 3.05) is 37.7 Å². The van der Waals surface area contributed by atoms with Crippen molar-refractivity contribution >= 4 is 57.6 Å². The van der Waals surface area contributed by atoms with Gasteiger partial charge in [0.05, 0.1) is 32.6 Å². The fourth-order valence-electron chi connectivity index (χ4n) is 5.39. The van der Waals surface area contributed by atoms with Gasteiger partial charge in [-0.2, -0.15) is 5.26 Å². The summed E-state index contributed by atoms with van der Waals surface area (Å²) in [5.41, 5.74) is 2.89. The summed E-state index contributed by atoms with van der Waals surface area (Å²) < 4.78 is 16.4. The van der Waals surface area contributed by atoms with Gasteiger partial charge in [0.2, 0.25) is 5.91 Å².